The third-order valence-electron chi connectivity index (χ3n) is 1.65. The lowest BCUT2D eigenvalue weighted by atomic mass is 10.3. The van der Waals surface area contributed by atoms with E-state index in [-0.39, 0.29) is 17.5 Å². The van der Waals surface area contributed by atoms with Gasteiger partial charge in [-0.2, -0.15) is 0 Å². The molecule has 0 unspecified atom stereocenters. The average molecular weight is 226 g/mol. The molecule has 5 heteroatoms. The summed E-state index contributed by atoms with van der Waals surface area (Å²) in [5.74, 6) is -0.0244. The van der Waals surface area contributed by atoms with E-state index >= 15 is 0 Å². The van der Waals surface area contributed by atoms with Crippen molar-refractivity contribution in [3.63, 3.8) is 0 Å². The van der Waals surface area contributed by atoms with Crippen molar-refractivity contribution < 1.29 is 10.2 Å². The summed E-state index contributed by atoms with van der Waals surface area (Å²) in [6.07, 6.45) is 0. The highest BCUT2D eigenvalue weighted by Crippen LogP contribution is 2.26. The van der Waals surface area contributed by atoms with Crippen molar-refractivity contribution >= 4 is 23.0 Å². The minimum absolute atomic E-state index is 0.0146. The second-order valence-corrected chi connectivity index (χ2v) is 3.86. The molecule has 0 atom stereocenters. The third kappa shape index (κ3) is 3.63. The standard InChI is InChI=1S/C10H14N2O2S/c1-6(2)11-10(15)12-8-4-3-7(13)5-9(8)14/h3-6,13-14H,1-2H3,(H2,11,12,15). The Kier molecular flexibility index (Phi) is 3.74. The zero-order valence-electron chi connectivity index (χ0n) is 8.61. The van der Waals surface area contributed by atoms with E-state index in [0.29, 0.717) is 10.8 Å². The summed E-state index contributed by atoms with van der Waals surface area (Å²) in [4.78, 5) is 0. The molecule has 15 heavy (non-hydrogen) atoms. The number of phenols is 2. The number of anilines is 1. The lowest BCUT2D eigenvalue weighted by Crippen LogP contribution is -2.33. The maximum atomic E-state index is 9.46. The summed E-state index contributed by atoms with van der Waals surface area (Å²) in [6, 6.07) is 4.50. The second kappa shape index (κ2) is 4.84. The number of hydrogen-bond acceptors (Lipinski definition) is 3. The van der Waals surface area contributed by atoms with Crippen LogP contribution in [0.25, 0.3) is 0 Å². The van der Waals surface area contributed by atoms with Crippen molar-refractivity contribution in [2.45, 2.75) is 19.9 Å². The zero-order valence-corrected chi connectivity index (χ0v) is 9.43. The summed E-state index contributed by atoms with van der Waals surface area (Å²) in [7, 11) is 0. The van der Waals surface area contributed by atoms with Gasteiger partial charge in [-0.25, -0.2) is 0 Å². The second-order valence-electron chi connectivity index (χ2n) is 3.45. The molecule has 0 amide bonds. The van der Waals surface area contributed by atoms with Gasteiger partial charge in [0.2, 0.25) is 0 Å². The highest BCUT2D eigenvalue weighted by Gasteiger charge is 2.04. The number of benzene rings is 1. The van der Waals surface area contributed by atoms with Crippen LogP contribution in [0.5, 0.6) is 11.5 Å². The molecule has 0 saturated heterocycles. The maximum absolute atomic E-state index is 9.46. The van der Waals surface area contributed by atoms with E-state index in [9.17, 15) is 5.11 Å². The van der Waals surface area contributed by atoms with E-state index in [1.54, 1.807) is 6.07 Å². The molecule has 0 saturated carbocycles. The topological polar surface area (TPSA) is 64.5 Å². The molecule has 1 rings (SSSR count). The van der Waals surface area contributed by atoms with Crippen LogP contribution in [-0.2, 0) is 0 Å². The van der Waals surface area contributed by atoms with Crippen LogP contribution in [0, 0.1) is 0 Å². The molecule has 0 aliphatic carbocycles. The fraction of sp³-hybridized carbons (Fsp3) is 0.300. The number of nitrogens with one attached hydrogen (secondary N) is 2. The Hall–Kier alpha value is -1.49. The molecule has 82 valence electrons. The summed E-state index contributed by atoms with van der Waals surface area (Å²) < 4.78 is 0. The Labute approximate surface area is 93.9 Å². The minimum Gasteiger partial charge on any atom is -0.508 e. The SMILES string of the molecule is CC(C)NC(=S)Nc1ccc(O)cc1O. The van der Waals surface area contributed by atoms with Crippen LogP contribution in [-0.4, -0.2) is 21.4 Å². The zero-order chi connectivity index (χ0) is 11.4. The fourth-order valence-corrected chi connectivity index (χ4v) is 1.39. The van der Waals surface area contributed by atoms with Gasteiger partial charge in [0.15, 0.2) is 5.11 Å². The van der Waals surface area contributed by atoms with Crippen LogP contribution >= 0.6 is 12.2 Å². The van der Waals surface area contributed by atoms with Gasteiger partial charge in [-0.05, 0) is 38.2 Å². The van der Waals surface area contributed by atoms with Crippen LogP contribution < -0.4 is 10.6 Å². The van der Waals surface area contributed by atoms with Gasteiger partial charge >= 0.3 is 0 Å². The first kappa shape index (κ1) is 11.6. The Morgan fingerprint density at radius 1 is 1.33 bits per heavy atom. The molecule has 0 heterocycles. The molecule has 0 bridgehead atoms. The normalized spacial score (nSPS) is 10.1. The van der Waals surface area contributed by atoms with Gasteiger partial charge in [0.05, 0.1) is 5.69 Å². The molecule has 1 aromatic carbocycles. The maximum Gasteiger partial charge on any atom is 0.171 e. The van der Waals surface area contributed by atoms with Gasteiger partial charge in [-0.1, -0.05) is 0 Å². The molecule has 0 radical (unpaired) electrons. The molecular formula is C10H14N2O2S. The molecule has 4 N–H and O–H groups in total. The Morgan fingerprint density at radius 2 is 2.00 bits per heavy atom. The van der Waals surface area contributed by atoms with Crippen LogP contribution in [0.3, 0.4) is 0 Å². The molecule has 0 spiro atoms. The average Bonchev–Trinajstić information content (AvgIpc) is 2.08. The molecule has 0 fully saturated rings. The van der Waals surface area contributed by atoms with Crippen molar-refractivity contribution in [3.8, 4) is 11.5 Å². The van der Waals surface area contributed by atoms with Gasteiger partial charge in [0.25, 0.3) is 0 Å². The smallest absolute Gasteiger partial charge is 0.171 e. The fourth-order valence-electron chi connectivity index (χ4n) is 1.05. The first-order valence-corrected chi connectivity index (χ1v) is 4.99. The Balaban J connectivity index is 2.68. The summed E-state index contributed by atoms with van der Waals surface area (Å²) in [6.45, 7) is 3.93. The van der Waals surface area contributed by atoms with E-state index in [1.807, 2.05) is 13.8 Å². The molecule has 4 nitrogen and oxygen atoms in total. The van der Waals surface area contributed by atoms with Crippen LogP contribution in [0.2, 0.25) is 0 Å². The van der Waals surface area contributed by atoms with Crippen LogP contribution in [0.15, 0.2) is 18.2 Å². The number of aromatic hydroxyl groups is 2. The van der Waals surface area contributed by atoms with Gasteiger partial charge in [-0.15, -0.1) is 0 Å². The van der Waals surface area contributed by atoms with Crippen molar-refractivity contribution in [3.05, 3.63) is 18.2 Å². The first-order valence-electron chi connectivity index (χ1n) is 4.58. The van der Waals surface area contributed by atoms with Gasteiger partial charge in [-0.3, -0.25) is 0 Å². The highest BCUT2D eigenvalue weighted by molar-refractivity contribution is 7.80. The van der Waals surface area contributed by atoms with Crippen molar-refractivity contribution in [2.24, 2.45) is 0 Å². The number of rotatable bonds is 2. The Morgan fingerprint density at radius 3 is 2.53 bits per heavy atom. The minimum atomic E-state index is -0.0390. The quantitative estimate of drug-likeness (QED) is 0.352. The predicted octanol–water partition coefficient (Wildman–Crippen LogP) is 1.79. The number of phenolic OH excluding ortho intramolecular Hbond substituents is 2. The van der Waals surface area contributed by atoms with Gasteiger partial charge < -0.3 is 20.8 Å². The van der Waals surface area contributed by atoms with Crippen molar-refractivity contribution in [1.82, 2.24) is 5.32 Å². The molecule has 0 aliphatic heterocycles. The highest BCUT2D eigenvalue weighted by atomic mass is 32.1. The number of thiocarbonyl (C=S) groups is 1. The summed E-state index contributed by atoms with van der Waals surface area (Å²) in [5, 5.41) is 24.8. The van der Waals surface area contributed by atoms with Gasteiger partial charge in [0, 0.05) is 12.1 Å². The van der Waals surface area contributed by atoms with E-state index in [0.717, 1.165) is 0 Å². The number of hydrogen-bond donors (Lipinski definition) is 4. The molecule has 0 aliphatic rings. The van der Waals surface area contributed by atoms with Crippen LogP contribution in [0.1, 0.15) is 13.8 Å². The van der Waals surface area contributed by atoms with Gasteiger partial charge in [0.1, 0.15) is 11.5 Å². The summed E-state index contributed by atoms with van der Waals surface area (Å²) >= 11 is 5.01. The van der Waals surface area contributed by atoms with Crippen LogP contribution in [0.4, 0.5) is 5.69 Å². The predicted molar refractivity (Wildman–Crippen MR) is 64.3 cm³/mol. The lowest BCUT2D eigenvalue weighted by molar-refractivity contribution is 0.452. The summed E-state index contributed by atoms with van der Waals surface area (Å²) in [5.41, 5.74) is 0.464. The molecule has 1 aromatic rings. The van der Waals surface area contributed by atoms with E-state index in [4.69, 9.17) is 17.3 Å². The van der Waals surface area contributed by atoms with E-state index in [1.165, 1.54) is 12.1 Å². The van der Waals surface area contributed by atoms with E-state index in [2.05, 4.69) is 10.6 Å². The van der Waals surface area contributed by atoms with Crippen molar-refractivity contribution in [1.29, 1.82) is 0 Å². The largest absolute Gasteiger partial charge is 0.508 e. The Bertz CT molecular complexity index is 366. The molecule has 0 aromatic heterocycles. The lowest BCUT2D eigenvalue weighted by Gasteiger charge is -2.13. The molecular weight excluding hydrogens is 212 g/mol. The third-order valence-corrected chi connectivity index (χ3v) is 1.87. The monoisotopic (exact) mass is 226 g/mol. The van der Waals surface area contributed by atoms with E-state index < -0.39 is 0 Å². The first-order chi connectivity index (χ1) is 6.99. The van der Waals surface area contributed by atoms with Crippen molar-refractivity contribution in [2.75, 3.05) is 5.32 Å².